The van der Waals surface area contributed by atoms with Gasteiger partial charge in [-0.1, -0.05) is 12.1 Å². The number of anilines is 1. The first-order valence-corrected chi connectivity index (χ1v) is 10.5. The minimum absolute atomic E-state index is 0.338. The monoisotopic (exact) mass is 434 g/mol. The Morgan fingerprint density at radius 3 is 2.32 bits per heavy atom. The van der Waals surface area contributed by atoms with E-state index in [0.717, 1.165) is 5.56 Å². The molecule has 4 rings (SSSR count). The Hall–Kier alpha value is -2.04. The molecular formula is C22H30N2O7. The molecule has 9 heteroatoms. The Labute approximate surface area is 181 Å². The maximum atomic E-state index is 13.1. The summed E-state index contributed by atoms with van der Waals surface area (Å²) in [7, 11) is 0. The molecule has 0 aliphatic carbocycles. The third kappa shape index (κ3) is 4.61. The normalized spacial score (nSPS) is 33.8. The molecule has 2 N–H and O–H groups in total. The topological polar surface area (TPSA) is 104 Å². The van der Waals surface area contributed by atoms with E-state index in [0.29, 0.717) is 5.69 Å². The molecule has 3 fully saturated rings. The lowest BCUT2D eigenvalue weighted by Crippen LogP contribution is -2.60. The van der Waals surface area contributed by atoms with E-state index in [9.17, 15) is 9.59 Å². The van der Waals surface area contributed by atoms with Gasteiger partial charge in [0.15, 0.2) is 24.0 Å². The predicted octanol–water partition coefficient (Wildman–Crippen LogP) is 1.83. The zero-order chi connectivity index (χ0) is 22.6. The van der Waals surface area contributed by atoms with E-state index in [1.165, 1.54) is 0 Å². The number of benzene rings is 1. The van der Waals surface area contributed by atoms with Crippen molar-refractivity contribution in [3.05, 3.63) is 29.8 Å². The number of carbonyl (C=O) groups is 2. The minimum atomic E-state index is -1.01. The van der Waals surface area contributed by atoms with E-state index in [-0.39, 0.29) is 5.91 Å². The van der Waals surface area contributed by atoms with Gasteiger partial charge in [0.1, 0.15) is 24.4 Å². The maximum absolute atomic E-state index is 13.1. The Morgan fingerprint density at radius 2 is 1.61 bits per heavy atom. The fourth-order valence-electron chi connectivity index (χ4n) is 4.16. The molecule has 0 unspecified atom stereocenters. The number of carbonyl (C=O) groups excluding carboxylic acids is 2. The van der Waals surface area contributed by atoms with Crippen molar-refractivity contribution >= 4 is 17.5 Å². The second kappa shape index (κ2) is 7.83. The van der Waals surface area contributed by atoms with E-state index in [2.05, 4.69) is 10.6 Å². The standard InChI is InChI=1S/C22H30N2O7/c1-11-8-7-9-13(10-11)24-18(25)12(2)23-19(26)16-14-15(29-21(3,4)28-14)17-20(27-16)31-22(5,6)30-17/h7-10,12,14-17,20H,1-6H3,(H,23,26)(H,24,25)/t12-,14+,15+,16+,17+,20-/m1/s1. The lowest BCUT2D eigenvalue weighted by atomic mass is 9.98. The van der Waals surface area contributed by atoms with Crippen LogP contribution in [0.3, 0.4) is 0 Å². The van der Waals surface area contributed by atoms with E-state index < -0.39 is 54.2 Å². The van der Waals surface area contributed by atoms with Gasteiger partial charge in [0.25, 0.3) is 5.91 Å². The molecule has 0 bridgehead atoms. The van der Waals surface area contributed by atoms with E-state index >= 15 is 0 Å². The zero-order valence-corrected chi connectivity index (χ0v) is 18.6. The van der Waals surface area contributed by atoms with E-state index in [1.54, 1.807) is 40.7 Å². The van der Waals surface area contributed by atoms with Crippen molar-refractivity contribution in [1.82, 2.24) is 5.32 Å². The first kappa shape index (κ1) is 22.2. The van der Waals surface area contributed by atoms with Crippen LogP contribution in [0, 0.1) is 6.92 Å². The summed E-state index contributed by atoms with van der Waals surface area (Å²) in [5.41, 5.74) is 1.68. The molecule has 0 spiro atoms. The van der Waals surface area contributed by atoms with Crippen LogP contribution >= 0.6 is 0 Å². The van der Waals surface area contributed by atoms with Crippen LogP contribution in [-0.2, 0) is 33.3 Å². The third-order valence-electron chi connectivity index (χ3n) is 5.45. The maximum Gasteiger partial charge on any atom is 0.252 e. The van der Waals surface area contributed by atoms with Gasteiger partial charge in [0.2, 0.25) is 5.91 Å². The number of rotatable bonds is 4. The van der Waals surface area contributed by atoms with Crippen molar-refractivity contribution in [3.63, 3.8) is 0 Å². The Morgan fingerprint density at radius 1 is 0.968 bits per heavy atom. The number of amides is 2. The average molecular weight is 434 g/mol. The number of ether oxygens (including phenoxy) is 5. The number of nitrogens with one attached hydrogen (secondary N) is 2. The Balaban J connectivity index is 1.45. The van der Waals surface area contributed by atoms with Gasteiger partial charge in [-0.2, -0.15) is 0 Å². The molecule has 3 saturated heterocycles. The lowest BCUT2D eigenvalue weighted by Gasteiger charge is -2.36. The number of aryl methyl sites for hydroxylation is 1. The molecule has 3 heterocycles. The third-order valence-corrected chi connectivity index (χ3v) is 5.45. The van der Waals surface area contributed by atoms with Gasteiger partial charge in [0, 0.05) is 5.69 Å². The van der Waals surface area contributed by atoms with E-state index in [1.807, 2.05) is 25.1 Å². The molecular weight excluding hydrogens is 404 g/mol. The highest BCUT2D eigenvalue weighted by Gasteiger charge is 2.62. The van der Waals surface area contributed by atoms with Crippen molar-refractivity contribution in [1.29, 1.82) is 0 Å². The van der Waals surface area contributed by atoms with Crippen molar-refractivity contribution in [2.24, 2.45) is 0 Å². The number of fused-ring (bicyclic) bond motifs is 3. The molecule has 31 heavy (non-hydrogen) atoms. The number of hydrogen-bond donors (Lipinski definition) is 2. The molecule has 1 aromatic carbocycles. The second-order valence-electron chi connectivity index (χ2n) is 9.18. The van der Waals surface area contributed by atoms with Crippen LogP contribution in [0.25, 0.3) is 0 Å². The average Bonchev–Trinajstić information content (AvgIpc) is 3.14. The van der Waals surface area contributed by atoms with Gasteiger partial charge < -0.3 is 34.3 Å². The molecule has 170 valence electrons. The molecule has 9 nitrogen and oxygen atoms in total. The second-order valence-corrected chi connectivity index (χ2v) is 9.18. The van der Waals surface area contributed by atoms with Gasteiger partial charge in [-0.25, -0.2) is 0 Å². The highest BCUT2D eigenvalue weighted by Crippen LogP contribution is 2.44. The molecule has 3 aliphatic rings. The van der Waals surface area contributed by atoms with Gasteiger partial charge in [-0.15, -0.1) is 0 Å². The van der Waals surface area contributed by atoms with Crippen molar-refractivity contribution < 1.29 is 33.3 Å². The summed E-state index contributed by atoms with van der Waals surface area (Å²) in [6.45, 7) is 10.6. The predicted molar refractivity (Wildman–Crippen MR) is 110 cm³/mol. The lowest BCUT2D eigenvalue weighted by molar-refractivity contribution is -0.231. The molecule has 3 aliphatic heterocycles. The van der Waals surface area contributed by atoms with Crippen LogP contribution < -0.4 is 10.6 Å². The zero-order valence-electron chi connectivity index (χ0n) is 18.6. The van der Waals surface area contributed by atoms with Crippen LogP contribution in [0.1, 0.15) is 40.2 Å². The smallest absolute Gasteiger partial charge is 0.252 e. The van der Waals surface area contributed by atoms with Gasteiger partial charge in [-0.3, -0.25) is 9.59 Å². The fraction of sp³-hybridized carbons (Fsp3) is 0.636. The van der Waals surface area contributed by atoms with Crippen molar-refractivity contribution in [3.8, 4) is 0 Å². The highest BCUT2D eigenvalue weighted by atomic mass is 16.9. The van der Waals surface area contributed by atoms with Crippen LogP contribution in [0.15, 0.2) is 24.3 Å². The molecule has 2 amide bonds. The molecule has 1 aromatic rings. The summed E-state index contributed by atoms with van der Waals surface area (Å²) < 4.78 is 29.7. The Kier molecular flexibility index (Phi) is 5.60. The summed E-state index contributed by atoms with van der Waals surface area (Å²) in [4.78, 5) is 25.6. The van der Waals surface area contributed by atoms with Gasteiger partial charge in [0.05, 0.1) is 0 Å². The van der Waals surface area contributed by atoms with Crippen LogP contribution in [0.4, 0.5) is 5.69 Å². The van der Waals surface area contributed by atoms with Crippen molar-refractivity contribution in [2.75, 3.05) is 5.32 Å². The first-order chi connectivity index (χ1) is 14.4. The summed E-state index contributed by atoms with van der Waals surface area (Å²) in [6, 6.07) is 6.64. The van der Waals surface area contributed by atoms with Crippen LogP contribution in [0.5, 0.6) is 0 Å². The van der Waals surface area contributed by atoms with Crippen LogP contribution in [-0.4, -0.2) is 60.1 Å². The summed E-state index contributed by atoms with van der Waals surface area (Å²) in [6.07, 6.45) is -3.54. The molecule has 0 saturated carbocycles. The van der Waals surface area contributed by atoms with Gasteiger partial charge >= 0.3 is 0 Å². The molecule has 6 atom stereocenters. The van der Waals surface area contributed by atoms with Crippen molar-refractivity contribution in [2.45, 2.75) is 89.9 Å². The largest absolute Gasteiger partial charge is 0.342 e. The first-order valence-electron chi connectivity index (χ1n) is 10.5. The quantitative estimate of drug-likeness (QED) is 0.745. The van der Waals surface area contributed by atoms with Crippen LogP contribution in [0.2, 0.25) is 0 Å². The minimum Gasteiger partial charge on any atom is -0.342 e. The fourth-order valence-corrected chi connectivity index (χ4v) is 4.16. The van der Waals surface area contributed by atoms with E-state index in [4.69, 9.17) is 23.7 Å². The molecule has 0 radical (unpaired) electrons. The summed E-state index contributed by atoms with van der Waals surface area (Å²) >= 11 is 0. The Bertz CT molecular complexity index is 871. The SMILES string of the molecule is Cc1cccc(NC(=O)[C@@H](C)NC(=O)[C@H]2O[C@@H]3OC(C)(C)O[C@H]3[C@H]3OC(C)(C)O[C@@H]32)c1. The summed E-state index contributed by atoms with van der Waals surface area (Å²) in [5, 5.41) is 5.52. The molecule has 0 aromatic heterocycles. The van der Waals surface area contributed by atoms with Gasteiger partial charge in [-0.05, 0) is 59.2 Å². The number of hydrogen-bond acceptors (Lipinski definition) is 7. The summed E-state index contributed by atoms with van der Waals surface area (Å²) in [5.74, 6) is -2.59. The highest BCUT2D eigenvalue weighted by molar-refractivity contribution is 5.97.